The summed E-state index contributed by atoms with van der Waals surface area (Å²) in [5.74, 6) is -6.47. The lowest BCUT2D eigenvalue weighted by atomic mass is 10.1. The molecule has 0 spiro atoms. The van der Waals surface area contributed by atoms with Crippen molar-refractivity contribution in [2.75, 3.05) is 12.4 Å². The molecule has 0 radical (unpaired) electrons. The number of thiol groups is 1. The fraction of sp³-hybridized carbons (Fsp3) is 0.625. The first-order valence-corrected chi connectivity index (χ1v) is 9.67. The number of amides is 4. The first-order chi connectivity index (χ1) is 14.4. The van der Waals surface area contributed by atoms with E-state index in [-0.39, 0.29) is 18.6 Å². The lowest BCUT2D eigenvalue weighted by Gasteiger charge is -2.24. The monoisotopic (exact) mass is 465 g/mol. The molecule has 0 rings (SSSR count). The van der Waals surface area contributed by atoms with Crippen LogP contribution in [0.15, 0.2) is 0 Å². The predicted octanol–water partition coefficient (Wildman–Crippen LogP) is -4.09. The molecule has 0 saturated heterocycles. The van der Waals surface area contributed by atoms with Gasteiger partial charge in [-0.1, -0.05) is 0 Å². The molecule has 4 unspecified atom stereocenters. The molecular formula is C16H27N5O9S. The molecule has 0 fully saturated rings. The van der Waals surface area contributed by atoms with Gasteiger partial charge in [0.05, 0.1) is 12.6 Å². The highest BCUT2D eigenvalue weighted by Gasteiger charge is 2.30. The number of aliphatic hydroxyl groups excluding tert-OH is 1. The van der Waals surface area contributed by atoms with Crippen LogP contribution in [0.3, 0.4) is 0 Å². The van der Waals surface area contributed by atoms with Crippen molar-refractivity contribution in [1.82, 2.24) is 16.0 Å². The summed E-state index contributed by atoms with van der Waals surface area (Å²) in [5.41, 5.74) is 10.4. The maximum absolute atomic E-state index is 12.5. The molecule has 0 aromatic heterocycles. The van der Waals surface area contributed by atoms with E-state index in [1.165, 1.54) is 0 Å². The number of hydrogen-bond donors (Lipinski definition) is 9. The number of primary amides is 1. The van der Waals surface area contributed by atoms with Gasteiger partial charge in [0.2, 0.25) is 23.6 Å². The average molecular weight is 465 g/mol. The van der Waals surface area contributed by atoms with Gasteiger partial charge in [0.15, 0.2) is 0 Å². The number of carboxylic acid groups (broad SMARTS) is 2. The molecule has 14 nitrogen and oxygen atoms in total. The summed E-state index contributed by atoms with van der Waals surface area (Å²) in [6.07, 6.45) is -1.64. The largest absolute Gasteiger partial charge is 0.481 e. The standard InChI is InChI=1S/C16H27N5O9S/c17-7(6-31)13(26)21-10(5-22)15(28)19-8(2-4-12(24)25)14(27)20-9(16(29)30)1-3-11(18)23/h7-10,22,31H,1-6,17H2,(H2,18,23)(H,19,28)(H,20,27)(H,21,26)(H,24,25)(H,29,30). The highest BCUT2D eigenvalue weighted by molar-refractivity contribution is 7.80. The number of carbonyl (C=O) groups is 6. The van der Waals surface area contributed by atoms with Crippen LogP contribution in [-0.2, 0) is 28.8 Å². The molecular weight excluding hydrogens is 438 g/mol. The second-order valence-electron chi connectivity index (χ2n) is 6.43. The number of nitrogens with one attached hydrogen (secondary N) is 3. The third-order valence-electron chi connectivity index (χ3n) is 3.92. The van der Waals surface area contributed by atoms with Crippen LogP contribution in [0.5, 0.6) is 0 Å². The highest BCUT2D eigenvalue weighted by Crippen LogP contribution is 2.03. The van der Waals surface area contributed by atoms with Gasteiger partial charge in [0.1, 0.15) is 18.1 Å². The molecule has 0 aromatic carbocycles. The van der Waals surface area contributed by atoms with E-state index in [2.05, 4.69) is 28.6 Å². The van der Waals surface area contributed by atoms with Crippen LogP contribution in [0, 0.1) is 0 Å². The minimum Gasteiger partial charge on any atom is -0.481 e. The Hall–Kier alpha value is -2.91. The van der Waals surface area contributed by atoms with Crippen molar-refractivity contribution in [3.05, 3.63) is 0 Å². The number of aliphatic carboxylic acids is 2. The van der Waals surface area contributed by atoms with Crippen molar-refractivity contribution in [3.63, 3.8) is 0 Å². The third-order valence-corrected chi connectivity index (χ3v) is 4.32. The quantitative estimate of drug-likeness (QED) is 0.106. The maximum Gasteiger partial charge on any atom is 0.326 e. The van der Waals surface area contributed by atoms with Gasteiger partial charge in [-0.2, -0.15) is 12.6 Å². The second-order valence-corrected chi connectivity index (χ2v) is 6.80. The van der Waals surface area contributed by atoms with E-state index >= 15 is 0 Å². The average Bonchev–Trinajstić information content (AvgIpc) is 2.70. The number of carboxylic acids is 2. The van der Waals surface area contributed by atoms with Crippen molar-refractivity contribution < 1.29 is 44.1 Å². The first kappa shape index (κ1) is 28.1. The molecule has 176 valence electrons. The molecule has 0 heterocycles. The van der Waals surface area contributed by atoms with Gasteiger partial charge in [-0.3, -0.25) is 24.0 Å². The summed E-state index contributed by atoms with van der Waals surface area (Å²) in [4.78, 5) is 69.6. The van der Waals surface area contributed by atoms with Gasteiger partial charge in [-0.15, -0.1) is 0 Å². The van der Waals surface area contributed by atoms with E-state index in [0.717, 1.165) is 0 Å². The van der Waals surface area contributed by atoms with Gasteiger partial charge in [-0.05, 0) is 12.8 Å². The van der Waals surface area contributed by atoms with Crippen LogP contribution in [0.2, 0.25) is 0 Å². The molecule has 10 N–H and O–H groups in total. The van der Waals surface area contributed by atoms with Crippen LogP contribution in [-0.4, -0.2) is 87.4 Å². The van der Waals surface area contributed by atoms with Crippen molar-refractivity contribution >= 4 is 48.2 Å². The molecule has 0 bridgehead atoms. The molecule has 0 aliphatic rings. The van der Waals surface area contributed by atoms with Crippen LogP contribution in [0.1, 0.15) is 25.7 Å². The van der Waals surface area contributed by atoms with Crippen LogP contribution in [0.4, 0.5) is 0 Å². The van der Waals surface area contributed by atoms with Gasteiger partial charge in [0, 0.05) is 18.6 Å². The van der Waals surface area contributed by atoms with Gasteiger partial charge in [-0.25, -0.2) is 4.79 Å². The summed E-state index contributed by atoms with van der Waals surface area (Å²) >= 11 is 3.83. The zero-order valence-corrected chi connectivity index (χ0v) is 17.3. The number of hydrogen-bond acceptors (Lipinski definition) is 9. The normalized spacial score (nSPS) is 14.4. The Labute approximate surface area is 182 Å². The Morgan fingerprint density at radius 1 is 0.806 bits per heavy atom. The molecule has 15 heteroatoms. The van der Waals surface area contributed by atoms with Gasteiger partial charge >= 0.3 is 11.9 Å². The molecule has 0 aliphatic carbocycles. The molecule has 4 atom stereocenters. The minimum atomic E-state index is -1.52. The van der Waals surface area contributed by atoms with Crippen LogP contribution in [0.25, 0.3) is 0 Å². The minimum absolute atomic E-state index is 0.0445. The van der Waals surface area contributed by atoms with E-state index in [1.54, 1.807) is 0 Å². The van der Waals surface area contributed by atoms with Crippen molar-refractivity contribution in [2.24, 2.45) is 11.5 Å². The Kier molecular flexibility index (Phi) is 12.8. The van der Waals surface area contributed by atoms with Gasteiger partial charge in [0.25, 0.3) is 0 Å². The van der Waals surface area contributed by atoms with E-state index in [0.29, 0.717) is 0 Å². The first-order valence-electron chi connectivity index (χ1n) is 9.04. The molecule has 4 amide bonds. The Morgan fingerprint density at radius 3 is 1.74 bits per heavy atom. The van der Waals surface area contributed by atoms with Crippen molar-refractivity contribution in [1.29, 1.82) is 0 Å². The van der Waals surface area contributed by atoms with Crippen molar-refractivity contribution in [2.45, 2.75) is 49.9 Å². The number of aliphatic hydroxyl groups is 1. The lowest BCUT2D eigenvalue weighted by Crippen LogP contribution is -2.58. The smallest absolute Gasteiger partial charge is 0.326 e. The summed E-state index contributed by atoms with van der Waals surface area (Å²) in [7, 11) is 0. The Balaban J connectivity index is 5.33. The zero-order chi connectivity index (χ0) is 24.1. The van der Waals surface area contributed by atoms with E-state index in [4.69, 9.17) is 16.6 Å². The summed E-state index contributed by atoms with van der Waals surface area (Å²) < 4.78 is 0. The highest BCUT2D eigenvalue weighted by atomic mass is 32.1. The van der Waals surface area contributed by atoms with E-state index in [9.17, 15) is 39.0 Å². The molecule has 0 aliphatic heterocycles. The SMILES string of the molecule is NC(=O)CCC(NC(=O)C(CCC(=O)O)NC(=O)C(CO)NC(=O)C(N)CS)C(=O)O. The Morgan fingerprint density at radius 2 is 1.29 bits per heavy atom. The second kappa shape index (κ2) is 14.2. The van der Waals surface area contributed by atoms with Crippen LogP contribution >= 0.6 is 12.6 Å². The zero-order valence-electron chi connectivity index (χ0n) is 16.4. The van der Waals surface area contributed by atoms with E-state index < -0.39 is 79.2 Å². The molecule has 0 saturated carbocycles. The van der Waals surface area contributed by atoms with E-state index in [1.807, 2.05) is 0 Å². The fourth-order valence-corrected chi connectivity index (χ4v) is 2.35. The van der Waals surface area contributed by atoms with Crippen molar-refractivity contribution in [3.8, 4) is 0 Å². The number of rotatable bonds is 15. The fourth-order valence-electron chi connectivity index (χ4n) is 2.18. The number of carbonyl (C=O) groups excluding carboxylic acids is 4. The molecule has 31 heavy (non-hydrogen) atoms. The predicted molar refractivity (Wildman–Crippen MR) is 108 cm³/mol. The summed E-state index contributed by atoms with van der Waals surface area (Å²) in [6, 6.07) is -5.61. The Bertz CT molecular complexity index is 690. The van der Waals surface area contributed by atoms with Gasteiger partial charge < -0.3 is 42.7 Å². The topological polar surface area (TPSA) is 251 Å². The summed E-state index contributed by atoms with van der Waals surface area (Å²) in [6.45, 7) is -0.861. The maximum atomic E-state index is 12.5. The third kappa shape index (κ3) is 11.2. The number of nitrogens with two attached hydrogens (primary N) is 2. The lowest BCUT2D eigenvalue weighted by molar-refractivity contribution is -0.143. The van der Waals surface area contributed by atoms with Crippen LogP contribution < -0.4 is 27.4 Å². The molecule has 0 aromatic rings. The summed E-state index contributed by atoms with van der Waals surface area (Å²) in [5, 5.41) is 33.8.